The Kier molecular flexibility index (Phi) is 4.14. The highest BCUT2D eigenvalue weighted by Gasteiger charge is 2.35. The number of hydrogen-bond donors (Lipinski definition) is 1. The van der Waals surface area contributed by atoms with E-state index in [0.29, 0.717) is 23.8 Å². The average molecular weight is 315 g/mol. The maximum Gasteiger partial charge on any atom is 0.252 e. The number of nitrogens with two attached hydrogens (primary N) is 1. The quantitative estimate of drug-likeness (QED) is 0.869. The topological polar surface area (TPSA) is 66.6 Å². The van der Waals surface area contributed by atoms with Crippen LogP contribution in [0.4, 0.5) is 0 Å². The standard InChI is InChI=1S/C13H21N3O2S2/c14-6-5-12-3-4-13(19-12)20(17,18)16-9-7-15(8-10-16)11-1-2-11/h3-4,11H,1-2,5-10,14H2. The summed E-state index contributed by atoms with van der Waals surface area (Å²) in [6.07, 6.45) is 3.30. The van der Waals surface area contributed by atoms with Crippen LogP contribution in [0.2, 0.25) is 0 Å². The van der Waals surface area contributed by atoms with E-state index in [9.17, 15) is 8.42 Å². The number of hydrogen-bond acceptors (Lipinski definition) is 5. The molecule has 112 valence electrons. The normalized spacial score (nSPS) is 22.2. The minimum absolute atomic E-state index is 0.459. The number of nitrogens with zero attached hydrogens (tertiary/aromatic N) is 2. The molecule has 0 spiro atoms. The first kappa shape index (κ1) is 14.5. The van der Waals surface area contributed by atoms with Crippen molar-refractivity contribution in [1.82, 2.24) is 9.21 Å². The molecule has 0 bridgehead atoms. The molecular weight excluding hydrogens is 294 g/mol. The monoisotopic (exact) mass is 315 g/mol. The summed E-state index contributed by atoms with van der Waals surface area (Å²) in [6.45, 7) is 3.52. The van der Waals surface area contributed by atoms with Gasteiger partial charge in [-0.1, -0.05) is 0 Å². The molecule has 20 heavy (non-hydrogen) atoms. The average Bonchev–Trinajstić information content (AvgIpc) is 3.19. The van der Waals surface area contributed by atoms with Crippen LogP contribution in [0.5, 0.6) is 0 Å². The lowest BCUT2D eigenvalue weighted by Gasteiger charge is -2.33. The molecule has 1 aromatic rings. The van der Waals surface area contributed by atoms with Gasteiger partial charge in [0.05, 0.1) is 0 Å². The van der Waals surface area contributed by atoms with Gasteiger partial charge in [-0.15, -0.1) is 11.3 Å². The van der Waals surface area contributed by atoms with Crippen molar-refractivity contribution in [3.8, 4) is 0 Å². The predicted octanol–water partition coefficient (Wildman–Crippen LogP) is 0.718. The highest BCUT2D eigenvalue weighted by atomic mass is 32.2. The Hall–Kier alpha value is -0.470. The van der Waals surface area contributed by atoms with Crippen LogP contribution in [0.3, 0.4) is 0 Å². The van der Waals surface area contributed by atoms with Crippen molar-refractivity contribution in [1.29, 1.82) is 0 Å². The minimum Gasteiger partial charge on any atom is -0.330 e. The molecule has 0 amide bonds. The number of thiophene rings is 1. The fraction of sp³-hybridized carbons (Fsp3) is 0.692. The van der Waals surface area contributed by atoms with E-state index in [1.165, 1.54) is 24.2 Å². The largest absolute Gasteiger partial charge is 0.330 e. The van der Waals surface area contributed by atoms with Gasteiger partial charge in [0.2, 0.25) is 0 Å². The van der Waals surface area contributed by atoms with Crippen LogP contribution in [0, 0.1) is 0 Å². The molecule has 2 N–H and O–H groups in total. The van der Waals surface area contributed by atoms with Crippen molar-refractivity contribution >= 4 is 21.4 Å². The summed E-state index contributed by atoms with van der Waals surface area (Å²) in [4.78, 5) is 3.46. The third-order valence-corrected chi connectivity index (χ3v) is 7.47. The second-order valence-corrected chi connectivity index (χ2v) is 8.76. The first-order chi connectivity index (χ1) is 9.61. The Morgan fingerprint density at radius 1 is 1.20 bits per heavy atom. The zero-order chi connectivity index (χ0) is 14.2. The zero-order valence-corrected chi connectivity index (χ0v) is 13.1. The molecule has 1 saturated heterocycles. The number of piperazine rings is 1. The van der Waals surface area contributed by atoms with Gasteiger partial charge >= 0.3 is 0 Å². The van der Waals surface area contributed by atoms with E-state index < -0.39 is 10.0 Å². The molecule has 5 nitrogen and oxygen atoms in total. The van der Waals surface area contributed by atoms with Crippen LogP contribution in [-0.4, -0.2) is 56.4 Å². The van der Waals surface area contributed by atoms with Gasteiger partial charge in [0.1, 0.15) is 4.21 Å². The Labute approximate surface area is 124 Å². The molecule has 7 heteroatoms. The Balaban J connectivity index is 1.67. The van der Waals surface area contributed by atoms with E-state index >= 15 is 0 Å². The lowest BCUT2D eigenvalue weighted by Crippen LogP contribution is -2.49. The third-order valence-electron chi connectivity index (χ3n) is 3.96. The van der Waals surface area contributed by atoms with E-state index in [2.05, 4.69) is 4.90 Å². The van der Waals surface area contributed by atoms with Crippen LogP contribution in [0.25, 0.3) is 0 Å². The van der Waals surface area contributed by atoms with Crippen molar-refractivity contribution in [2.75, 3.05) is 32.7 Å². The molecule has 2 fully saturated rings. The van der Waals surface area contributed by atoms with Crippen LogP contribution in [0.15, 0.2) is 16.3 Å². The molecule has 1 aromatic heterocycles. The molecule has 1 aliphatic carbocycles. The first-order valence-corrected chi connectivity index (χ1v) is 9.40. The molecule has 2 heterocycles. The van der Waals surface area contributed by atoms with E-state index in [-0.39, 0.29) is 0 Å². The fourth-order valence-electron chi connectivity index (χ4n) is 2.65. The van der Waals surface area contributed by atoms with Gasteiger partial charge < -0.3 is 5.73 Å². The molecule has 1 aliphatic heterocycles. The molecule has 3 rings (SSSR count). The fourth-order valence-corrected chi connectivity index (χ4v) is 5.60. The van der Waals surface area contributed by atoms with Crippen LogP contribution >= 0.6 is 11.3 Å². The summed E-state index contributed by atoms with van der Waals surface area (Å²) < 4.78 is 27.3. The van der Waals surface area contributed by atoms with Gasteiger partial charge in [-0.2, -0.15) is 4.31 Å². The van der Waals surface area contributed by atoms with Crippen LogP contribution in [-0.2, 0) is 16.4 Å². The van der Waals surface area contributed by atoms with E-state index in [0.717, 1.165) is 30.4 Å². The van der Waals surface area contributed by atoms with Gasteiger partial charge in [0.25, 0.3) is 10.0 Å². The second kappa shape index (κ2) is 5.73. The summed E-state index contributed by atoms with van der Waals surface area (Å²) in [5.41, 5.74) is 5.51. The van der Waals surface area contributed by atoms with E-state index in [1.54, 1.807) is 10.4 Å². The molecule has 0 radical (unpaired) electrons. The van der Waals surface area contributed by atoms with Gasteiger partial charge in [-0.3, -0.25) is 4.90 Å². The molecule has 0 unspecified atom stereocenters. The molecule has 2 aliphatic rings. The first-order valence-electron chi connectivity index (χ1n) is 7.14. The summed E-state index contributed by atoms with van der Waals surface area (Å²) in [6, 6.07) is 4.32. The number of rotatable bonds is 5. The van der Waals surface area contributed by atoms with Gasteiger partial charge in [-0.05, 0) is 37.9 Å². The van der Waals surface area contributed by atoms with Crippen molar-refractivity contribution in [2.24, 2.45) is 5.73 Å². The van der Waals surface area contributed by atoms with Crippen molar-refractivity contribution in [2.45, 2.75) is 29.5 Å². The molecule has 0 atom stereocenters. The lowest BCUT2D eigenvalue weighted by molar-refractivity contribution is 0.181. The summed E-state index contributed by atoms with van der Waals surface area (Å²) in [7, 11) is -3.30. The maximum atomic E-state index is 12.6. The molecule has 1 saturated carbocycles. The maximum absolute atomic E-state index is 12.6. The Morgan fingerprint density at radius 2 is 1.90 bits per heavy atom. The third kappa shape index (κ3) is 2.92. The van der Waals surface area contributed by atoms with Gasteiger partial charge in [0, 0.05) is 37.1 Å². The predicted molar refractivity (Wildman–Crippen MR) is 80.4 cm³/mol. The molecular formula is C13H21N3O2S2. The zero-order valence-electron chi connectivity index (χ0n) is 11.5. The van der Waals surface area contributed by atoms with Crippen molar-refractivity contribution < 1.29 is 8.42 Å². The van der Waals surface area contributed by atoms with Crippen molar-refractivity contribution in [3.63, 3.8) is 0 Å². The summed E-state index contributed by atoms with van der Waals surface area (Å²) >= 11 is 1.35. The van der Waals surface area contributed by atoms with E-state index in [1.807, 2.05) is 6.07 Å². The Bertz CT molecular complexity index is 558. The second-order valence-electron chi connectivity index (χ2n) is 5.43. The van der Waals surface area contributed by atoms with E-state index in [4.69, 9.17) is 5.73 Å². The highest BCUT2D eigenvalue weighted by Crippen LogP contribution is 2.30. The summed E-state index contributed by atoms with van der Waals surface area (Å²) in [5.74, 6) is 0. The van der Waals surface area contributed by atoms with Crippen molar-refractivity contribution in [3.05, 3.63) is 17.0 Å². The van der Waals surface area contributed by atoms with Crippen LogP contribution < -0.4 is 5.73 Å². The smallest absolute Gasteiger partial charge is 0.252 e. The van der Waals surface area contributed by atoms with Gasteiger partial charge in [-0.25, -0.2) is 8.42 Å². The lowest BCUT2D eigenvalue weighted by atomic mass is 10.3. The van der Waals surface area contributed by atoms with Gasteiger partial charge in [0.15, 0.2) is 0 Å². The minimum atomic E-state index is -3.30. The molecule has 0 aromatic carbocycles. The van der Waals surface area contributed by atoms with Crippen LogP contribution in [0.1, 0.15) is 17.7 Å². The summed E-state index contributed by atoms with van der Waals surface area (Å²) in [5, 5.41) is 0. The Morgan fingerprint density at radius 3 is 2.50 bits per heavy atom. The number of sulfonamides is 1. The SMILES string of the molecule is NCCc1ccc(S(=O)(=O)N2CCN(C3CC3)CC2)s1. The highest BCUT2D eigenvalue weighted by molar-refractivity contribution is 7.91.